The third-order valence-corrected chi connectivity index (χ3v) is 61.6. The van der Waals surface area contributed by atoms with E-state index < -0.39 is 29.4 Å². The van der Waals surface area contributed by atoms with Crippen LogP contribution in [-0.2, 0) is 0 Å². The number of hydrogen-bond donors (Lipinski definition) is 0. The van der Waals surface area contributed by atoms with Crippen LogP contribution >= 0.6 is 10.7 Å². The van der Waals surface area contributed by atoms with Gasteiger partial charge in [0.2, 0.25) is 0 Å². The number of hydrogen-bond acceptors (Lipinski definition) is 1. The maximum Gasteiger partial charge on any atom is 0.0994 e. The first kappa shape index (κ1) is 15.2. The molecular weight excluding hydrogens is 253 g/mol. The summed E-state index contributed by atoms with van der Waals surface area (Å²) < 4.78 is 0. The molecule has 0 N–H and O–H groups in total. The van der Waals surface area contributed by atoms with E-state index in [9.17, 15) is 0 Å². The Balaban J connectivity index is 4.78. The van der Waals surface area contributed by atoms with Crippen LogP contribution < -0.4 is 0 Å². The summed E-state index contributed by atoms with van der Waals surface area (Å²) >= 11 is 0. The predicted molar refractivity (Wildman–Crippen MR) is 84.8 cm³/mol. The fourth-order valence-electron chi connectivity index (χ4n) is 2.01. The Labute approximate surface area is 98.8 Å². The van der Waals surface area contributed by atoms with Gasteiger partial charge in [-0.1, -0.05) is 58.9 Å². The van der Waals surface area contributed by atoms with E-state index in [1.165, 1.54) is 0 Å². The summed E-state index contributed by atoms with van der Waals surface area (Å²) in [6.07, 6.45) is 0. The van der Waals surface area contributed by atoms with Gasteiger partial charge in [-0.05, 0) is 0 Å². The molecule has 0 aromatic carbocycles. The molecule has 0 aliphatic carbocycles. The van der Waals surface area contributed by atoms with Crippen molar-refractivity contribution >= 4 is 40.0 Å². The summed E-state index contributed by atoms with van der Waals surface area (Å²) in [5.41, 5.74) is 0. The lowest BCUT2D eigenvalue weighted by Gasteiger charge is -2.40. The highest BCUT2D eigenvalue weighted by Gasteiger charge is 2.41. The largest absolute Gasteiger partial charge is 0.216 e. The van der Waals surface area contributed by atoms with Gasteiger partial charge in [0.1, 0.15) is 0 Å². The van der Waals surface area contributed by atoms with Crippen molar-refractivity contribution < 1.29 is 0 Å². The molecule has 0 rings (SSSR count). The normalized spacial score (nSPS) is 15.0. The van der Waals surface area contributed by atoms with Crippen molar-refractivity contribution in [3.63, 3.8) is 0 Å². The summed E-state index contributed by atoms with van der Waals surface area (Å²) in [4.78, 5) is 0. The highest BCUT2D eigenvalue weighted by Crippen LogP contribution is 2.33. The van der Waals surface area contributed by atoms with Gasteiger partial charge in [0.15, 0.2) is 0 Å². The third-order valence-electron chi connectivity index (χ3n) is 2.04. The molecule has 0 aliphatic rings. The third kappa shape index (κ3) is 5.94. The Kier molecular flexibility index (Phi) is 5.01. The molecule has 0 aromatic heterocycles. The Morgan fingerprint density at radius 1 is 0.643 bits per heavy atom. The maximum atomic E-state index is 2.61. The summed E-state index contributed by atoms with van der Waals surface area (Å²) in [7, 11) is -0.0422. The van der Waals surface area contributed by atoms with Gasteiger partial charge in [-0.3, -0.25) is 0 Å². The van der Waals surface area contributed by atoms with Gasteiger partial charge in [-0.15, -0.1) is 0 Å². The average molecular weight is 281 g/mol. The fraction of sp³-hybridized carbons (Fsp3) is 1.00. The second kappa shape index (κ2) is 4.61. The maximum absolute atomic E-state index is 2.61. The first-order valence-electron chi connectivity index (χ1n) is 5.52. The minimum Gasteiger partial charge on any atom is -0.216 e. The Morgan fingerprint density at radius 3 is 1.00 bits per heavy atom. The number of rotatable bonds is 4. The molecule has 14 heavy (non-hydrogen) atoms. The zero-order chi connectivity index (χ0) is 11.8. The molecule has 0 amide bonds. The Bertz CT molecular complexity index is 170. The average Bonchev–Trinajstić information content (AvgIpc) is 1.75. The first-order chi connectivity index (χ1) is 5.84. The van der Waals surface area contributed by atoms with Crippen LogP contribution in [0.15, 0.2) is 0 Å². The smallest absolute Gasteiger partial charge is 0.0994 e. The molecule has 0 saturated heterocycles. The van der Waals surface area contributed by atoms with Gasteiger partial charge in [0, 0.05) is 15.2 Å². The van der Waals surface area contributed by atoms with Crippen LogP contribution in [0.25, 0.3) is 0 Å². The van der Waals surface area contributed by atoms with E-state index in [1.807, 2.05) is 0 Å². The second-order valence-corrected chi connectivity index (χ2v) is 48.0. The molecule has 5 heteroatoms. The lowest BCUT2D eigenvalue weighted by atomic mass is 11.8. The van der Waals surface area contributed by atoms with Gasteiger partial charge >= 0.3 is 0 Å². The molecular formula is C9H28SSi4. The molecule has 0 bridgehead atoms. The molecule has 0 aliphatic heterocycles. The predicted octanol–water partition coefficient (Wildman–Crippen LogP) is 4.11. The summed E-state index contributed by atoms with van der Waals surface area (Å²) in [5, 5.41) is 0. The molecule has 0 aromatic rings. The standard InChI is InChI=1S/C9H28SSi4/c1-12(2,3)10-11(13(4,5)6)14(7,8)9/h11H,1-9H3. The molecule has 86 valence electrons. The second-order valence-electron chi connectivity index (χ2n) is 7.34. The van der Waals surface area contributed by atoms with E-state index >= 15 is 0 Å². The van der Waals surface area contributed by atoms with Crippen molar-refractivity contribution in [3.05, 3.63) is 0 Å². The molecule has 0 unspecified atom stereocenters. The van der Waals surface area contributed by atoms with Crippen molar-refractivity contribution in [3.8, 4) is 0 Å². The molecule has 0 radical (unpaired) electrons. The van der Waals surface area contributed by atoms with Gasteiger partial charge in [0.05, 0.1) is 14.2 Å². The van der Waals surface area contributed by atoms with Crippen LogP contribution in [0.5, 0.6) is 0 Å². The van der Waals surface area contributed by atoms with Gasteiger partial charge in [-0.2, -0.15) is 0 Å². The van der Waals surface area contributed by atoms with Crippen molar-refractivity contribution in [2.24, 2.45) is 0 Å². The lowest BCUT2D eigenvalue weighted by molar-refractivity contribution is 1.81. The highest BCUT2D eigenvalue weighted by molar-refractivity contribution is 8.55. The van der Waals surface area contributed by atoms with Crippen LogP contribution in [0.4, 0.5) is 0 Å². The summed E-state index contributed by atoms with van der Waals surface area (Å²) in [6, 6.07) is 0. The van der Waals surface area contributed by atoms with E-state index in [0.717, 1.165) is 0 Å². The zero-order valence-electron chi connectivity index (χ0n) is 11.5. The Morgan fingerprint density at radius 2 is 0.929 bits per heavy atom. The van der Waals surface area contributed by atoms with E-state index in [1.54, 1.807) is 0 Å². The molecule has 0 heterocycles. The quantitative estimate of drug-likeness (QED) is 0.698. The summed E-state index contributed by atoms with van der Waals surface area (Å²) in [5.74, 6) is 0. The minimum atomic E-state index is -0.892. The van der Waals surface area contributed by atoms with Crippen molar-refractivity contribution in [1.82, 2.24) is 0 Å². The monoisotopic (exact) mass is 280 g/mol. The minimum absolute atomic E-state index is 0.479. The highest BCUT2D eigenvalue weighted by atomic mass is 32.5. The molecule has 0 spiro atoms. The van der Waals surface area contributed by atoms with Crippen molar-refractivity contribution in [2.45, 2.75) is 58.9 Å². The van der Waals surface area contributed by atoms with Crippen molar-refractivity contribution in [1.29, 1.82) is 0 Å². The van der Waals surface area contributed by atoms with E-state index in [4.69, 9.17) is 0 Å². The van der Waals surface area contributed by atoms with Gasteiger partial charge in [-0.25, -0.2) is 10.7 Å². The van der Waals surface area contributed by atoms with Crippen LogP contribution in [0.1, 0.15) is 0 Å². The lowest BCUT2D eigenvalue weighted by Crippen LogP contribution is -2.58. The first-order valence-corrected chi connectivity index (χ1v) is 22.7. The van der Waals surface area contributed by atoms with Crippen LogP contribution in [-0.4, -0.2) is 29.4 Å². The van der Waals surface area contributed by atoms with E-state index in [0.29, 0.717) is 0 Å². The van der Waals surface area contributed by atoms with E-state index in [2.05, 4.69) is 69.6 Å². The molecule has 0 nitrogen and oxygen atoms in total. The van der Waals surface area contributed by atoms with E-state index in [-0.39, 0.29) is 0 Å². The topological polar surface area (TPSA) is 0 Å². The Hall–Kier alpha value is 1.22. The van der Waals surface area contributed by atoms with Gasteiger partial charge in [0.25, 0.3) is 0 Å². The van der Waals surface area contributed by atoms with Crippen LogP contribution in [0.3, 0.4) is 0 Å². The molecule has 0 fully saturated rings. The SMILES string of the molecule is C[Si](C)(C)S[SiH]([Si](C)(C)C)[Si](C)(C)C. The van der Waals surface area contributed by atoms with Gasteiger partial charge < -0.3 is 0 Å². The van der Waals surface area contributed by atoms with Crippen LogP contribution in [0.2, 0.25) is 58.9 Å². The fourth-order valence-corrected chi connectivity index (χ4v) is 92.3. The molecule has 0 atom stereocenters. The van der Waals surface area contributed by atoms with Crippen LogP contribution in [0, 0.1) is 0 Å². The zero-order valence-corrected chi connectivity index (χ0v) is 16.5. The van der Waals surface area contributed by atoms with Crippen molar-refractivity contribution in [2.75, 3.05) is 0 Å². The summed E-state index contributed by atoms with van der Waals surface area (Å²) in [6.45, 7) is 22.7. The molecule has 0 saturated carbocycles.